The Balaban J connectivity index is 1.39. The van der Waals surface area contributed by atoms with Crippen molar-refractivity contribution in [1.82, 2.24) is 4.57 Å². The molecule has 4 heteroatoms. The molecule has 5 rings (SSSR count). The molecule has 1 aromatic heterocycles. The minimum atomic E-state index is 0.0213. The van der Waals surface area contributed by atoms with Gasteiger partial charge in [0.15, 0.2) is 5.78 Å². The van der Waals surface area contributed by atoms with E-state index in [1.165, 1.54) is 10.5 Å². The van der Waals surface area contributed by atoms with E-state index >= 15 is 0 Å². The molecule has 0 spiro atoms. The maximum Gasteiger partial charge on any atom is 0.195 e. The van der Waals surface area contributed by atoms with Crippen molar-refractivity contribution in [2.45, 2.75) is 23.3 Å². The number of para-hydroxylation sites is 1. The van der Waals surface area contributed by atoms with Gasteiger partial charge in [-0.05, 0) is 61.0 Å². The average molecular weight is 409 g/mol. The average Bonchev–Trinajstić information content (AvgIpc) is 3.07. The van der Waals surface area contributed by atoms with Gasteiger partial charge in [-0.3, -0.25) is 9.79 Å². The van der Waals surface area contributed by atoms with Crippen LogP contribution in [0.5, 0.6) is 0 Å². The van der Waals surface area contributed by atoms with E-state index < -0.39 is 0 Å². The van der Waals surface area contributed by atoms with Gasteiger partial charge in [0, 0.05) is 33.7 Å². The summed E-state index contributed by atoms with van der Waals surface area (Å²) in [4.78, 5) is 20.1. The summed E-state index contributed by atoms with van der Waals surface area (Å²) < 4.78 is 2.09. The van der Waals surface area contributed by atoms with Crippen LogP contribution < -0.4 is 0 Å². The van der Waals surface area contributed by atoms with Crippen molar-refractivity contribution in [3.05, 3.63) is 113 Å². The lowest BCUT2D eigenvalue weighted by Crippen LogP contribution is -2.07. The van der Waals surface area contributed by atoms with Crippen LogP contribution in [0.4, 0.5) is 5.69 Å². The smallest absolute Gasteiger partial charge is 0.195 e. The summed E-state index contributed by atoms with van der Waals surface area (Å²) in [6.07, 6.45) is 3.78. The van der Waals surface area contributed by atoms with E-state index in [4.69, 9.17) is 0 Å². The van der Waals surface area contributed by atoms with Crippen LogP contribution in [0.2, 0.25) is 0 Å². The van der Waals surface area contributed by atoms with Gasteiger partial charge in [-0.2, -0.15) is 0 Å². The molecule has 0 radical (unpaired) electrons. The Hall–Kier alpha value is -3.37. The zero-order valence-electron chi connectivity index (χ0n) is 16.6. The second-order valence-electron chi connectivity index (χ2n) is 7.40. The Bertz CT molecular complexity index is 1250. The van der Waals surface area contributed by atoms with Gasteiger partial charge >= 0.3 is 0 Å². The minimum Gasteiger partial charge on any atom is -0.342 e. The molecule has 146 valence electrons. The van der Waals surface area contributed by atoms with E-state index in [0.717, 1.165) is 21.8 Å². The standard InChI is InChI=1S/C26H20N2OS/c1-18-6-10-21(11-7-18)30-22-12-8-19(9-13-22)26(29)23-14-15-28-17-20-4-2-3-5-24(20)27-16-25(23)28/h2-16H,17H2,1H3. The van der Waals surface area contributed by atoms with Crippen molar-refractivity contribution >= 4 is 29.4 Å². The highest BCUT2D eigenvalue weighted by atomic mass is 32.2. The fourth-order valence-electron chi connectivity index (χ4n) is 3.62. The first-order chi connectivity index (χ1) is 14.7. The topological polar surface area (TPSA) is 34.4 Å². The van der Waals surface area contributed by atoms with E-state index in [9.17, 15) is 4.79 Å². The molecule has 0 unspecified atom stereocenters. The van der Waals surface area contributed by atoms with Gasteiger partial charge in [-0.15, -0.1) is 0 Å². The minimum absolute atomic E-state index is 0.0213. The van der Waals surface area contributed by atoms with Crippen LogP contribution in [0.1, 0.15) is 32.7 Å². The number of hydrogen-bond acceptors (Lipinski definition) is 3. The number of aliphatic imine (C=N–C) groups is 1. The van der Waals surface area contributed by atoms with Crippen LogP contribution in [0.25, 0.3) is 0 Å². The van der Waals surface area contributed by atoms with Crippen LogP contribution in [-0.2, 0) is 6.54 Å². The third-order valence-electron chi connectivity index (χ3n) is 5.28. The summed E-state index contributed by atoms with van der Waals surface area (Å²) in [6.45, 7) is 2.80. The number of nitrogens with zero attached hydrogens (tertiary/aromatic N) is 2. The fourth-order valence-corrected chi connectivity index (χ4v) is 4.43. The second-order valence-corrected chi connectivity index (χ2v) is 8.55. The summed E-state index contributed by atoms with van der Waals surface area (Å²) in [5.74, 6) is 0.0213. The lowest BCUT2D eigenvalue weighted by Gasteiger charge is -2.07. The zero-order chi connectivity index (χ0) is 20.5. The van der Waals surface area contributed by atoms with E-state index in [1.54, 1.807) is 18.0 Å². The number of carbonyl (C=O) groups is 1. The molecular formula is C26H20N2OS. The molecule has 0 bridgehead atoms. The summed E-state index contributed by atoms with van der Waals surface area (Å²) in [5.41, 5.74) is 5.59. The van der Waals surface area contributed by atoms with Crippen LogP contribution in [0, 0.1) is 6.92 Å². The first-order valence-corrected chi connectivity index (χ1v) is 10.7. The maximum absolute atomic E-state index is 13.2. The molecule has 2 heterocycles. The normalized spacial score (nSPS) is 12.2. The molecule has 0 aliphatic carbocycles. The number of fused-ring (bicyclic) bond motifs is 2. The Morgan fingerprint density at radius 3 is 2.37 bits per heavy atom. The highest BCUT2D eigenvalue weighted by Crippen LogP contribution is 2.29. The van der Waals surface area contributed by atoms with Gasteiger partial charge in [-0.1, -0.05) is 47.7 Å². The Kier molecular flexibility index (Phi) is 4.85. The molecule has 1 aliphatic heterocycles. The van der Waals surface area contributed by atoms with Crippen LogP contribution in [-0.4, -0.2) is 16.6 Å². The van der Waals surface area contributed by atoms with Gasteiger partial charge < -0.3 is 4.57 Å². The molecule has 3 aromatic carbocycles. The van der Waals surface area contributed by atoms with Crippen molar-refractivity contribution in [3.63, 3.8) is 0 Å². The van der Waals surface area contributed by atoms with E-state index in [0.29, 0.717) is 17.7 Å². The molecule has 0 fully saturated rings. The van der Waals surface area contributed by atoms with Gasteiger partial charge in [0.1, 0.15) is 0 Å². The summed E-state index contributed by atoms with van der Waals surface area (Å²) in [5, 5.41) is 0. The predicted molar refractivity (Wildman–Crippen MR) is 122 cm³/mol. The number of hydrogen-bond donors (Lipinski definition) is 0. The molecule has 4 aromatic rings. The maximum atomic E-state index is 13.2. The first kappa shape index (κ1) is 18.6. The third kappa shape index (κ3) is 3.62. The predicted octanol–water partition coefficient (Wildman–Crippen LogP) is 6.29. The Morgan fingerprint density at radius 1 is 0.900 bits per heavy atom. The summed E-state index contributed by atoms with van der Waals surface area (Å²) in [7, 11) is 0. The van der Waals surface area contributed by atoms with Crippen LogP contribution >= 0.6 is 11.8 Å². The van der Waals surface area contributed by atoms with Crippen molar-refractivity contribution < 1.29 is 4.79 Å². The highest BCUT2D eigenvalue weighted by Gasteiger charge is 2.19. The highest BCUT2D eigenvalue weighted by molar-refractivity contribution is 7.99. The van der Waals surface area contributed by atoms with Crippen molar-refractivity contribution in [2.75, 3.05) is 0 Å². The van der Waals surface area contributed by atoms with Gasteiger partial charge in [-0.25, -0.2) is 0 Å². The molecule has 0 amide bonds. The van der Waals surface area contributed by atoms with Gasteiger partial charge in [0.2, 0.25) is 0 Å². The van der Waals surface area contributed by atoms with Crippen molar-refractivity contribution in [1.29, 1.82) is 0 Å². The lowest BCUT2D eigenvalue weighted by molar-refractivity contribution is 0.103. The Labute approximate surface area is 180 Å². The lowest BCUT2D eigenvalue weighted by atomic mass is 10.0. The molecule has 0 N–H and O–H groups in total. The quantitative estimate of drug-likeness (QED) is 0.328. The molecule has 0 atom stereocenters. The number of rotatable bonds is 4. The number of carbonyl (C=O) groups excluding carboxylic acids is 1. The number of benzene rings is 3. The molecular weight excluding hydrogens is 388 g/mol. The number of ketones is 1. The van der Waals surface area contributed by atoms with Gasteiger partial charge in [0.05, 0.1) is 17.6 Å². The molecule has 30 heavy (non-hydrogen) atoms. The van der Waals surface area contributed by atoms with E-state index in [-0.39, 0.29) is 5.78 Å². The molecule has 3 nitrogen and oxygen atoms in total. The largest absolute Gasteiger partial charge is 0.342 e. The van der Waals surface area contributed by atoms with Crippen LogP contribution in [0.15, 0.2) is 99.8 Å². The molecule has 1 aliphatic rings. The van der Waals surface area contributed by atoms with Crippen molar-refractivity contribution in [2.24, 2.45) is 4.99 Å². The van der Waals surface area contributed by atoms with Crippen molar-refractivity contribution in [3.8, 4) is 0 Å². The second kappa shape index (κ2) is 7.81. The molecule has 0 saturated carbocycles. The Morgan fingerprint density at radius 2 is 1.60 bits per heavy atom. The third-order valence-corrected chi connectivity index (χ3v) is 6.30. The van der Waals surface area contributed by atoms with Gasteiger partial charge in [0.25, 0.3) is 0 Å². The summed E-state index contributed by atoms with van der Waals surface area (Å²) in [6, 6.07) is 26.3. The van der Waals surface area contributed by atoms with E-state index in [2.05, 4.69) is 46.8 Å². The number of aryl methyl sites for hydroxylation is 1. The van der Waals surface area contributed by atoms with E-state index in [1.807, 2.05) is 54.7 Å². The first-order valence-electron chi connectivity index (χ1n) is 9.88. The number of aromatic nitrogens is 1. The molecule has 0 saturated heterocycles. The van der Waals surface area contributed by atoms with Crippen LogP contribution in [0.3, 0.4) is 0 Å². The fraction of sp³-hybridized carbons (Fsp3) is 0.0769. The SMILES string of the molecule is Cc1ccc(Sc2ccc(C(=O)c3ccn4c3C=Nc3ccccc3C4)cc2)cc1. The summed E-state index contributed by atoms with van der Waals surface area (Å²) >= 11 is 1.70. The monoisotopic (exact) mass is 408 g/mol. The zero-order valence-corrected chi connectivity index (χ0v) is 17.4.